The second-order valence-corrected chi connectivity index (χ2v) is 5.30. The van der Waals surface area contributed by atoms with Crippen LogP contribution in [0.4, 0.5) is 5.82 Å². The van der Waals surface area contributed by atoms with Crippen LogP contribution in [0.25, 0.3) is 10.2 Å². The fraction of sp³-hybridized carbons (Fsp3) is 0.500. The van der Waals surface area contributed by atoms with Crippen LogP contribution in [-0.2, 0) is 11.3 Å². The largest absolute Gasteiger partial charge is 0.383 e. The highest BCUT2D eigenvalue weighted by Crippen LogP contribution is 2.23. The number of hydrogen-bond acceptors (Lipinski definition) is 6. The van der Waals surface area contributed by atoms with Gasteiger partial charge in [-0.1, -0.05) is 0 Å². The number of nitrogens with zero attached hydrogens (tertiary/aromatic N) is 3. The van der Waals surface area contributed by atoms with Gasteiger partial charge >= 0.3 is 0 Å². The van der Waals surface area contributed by atoms with Crippen molar-refractivity contribution in [2.75, 3.05) is 32.0 Å². The molecular weight excluding hydrogens is 248 g/mol. The van der Waals surface area contributed by atoms with E-state index in [1.165, 1.54) is 0 Å². The number of fused-ring (bicyclic) bond motifs is 1. The smallest absolute Gasteiger partial charge is 0.146 e. The van der Waals surface area contributed by atoms with Crippen molar-refractivity contribution in [2.24, 2.45) is 0 Å². The summed E-state index contributed by atoms with van der Waals surface area (Å²) >= 11 is 1.61. The van der Waals surface area contributed by atoms with Crippen molar-refractivity contribution in [3.8, 4) is 0 Å². The van der Waals surface area contributed by atoms with E-state index < -0.39 is 0 Å². The van der Waals surface area contributed by atoms with Crippen LogP contribution in [0.15, 0.2) is 11.4 Å². The summed E-state index contributed by atoms with van der Waals surface area (Å²) in [5.41, 5.74) is 5.95. The highest BCUT2D eigenvalue weighted by molar-refractivity contribution is 7.16. The second-order valence-electron chi connectivity index (χ2n) is 4.41. The second kappa shape index (κ2) is 5.17. The molecule has 2 aromatic heterocycles. The molecule has 3 rings (SSSR count). The predicted octanol–water partition coefficient (Wildman–Crippen LogP) is 1.50. The summed E-state index contributed by atoms with van der Waals surface area (Å²) in [6.07, 6.45) is 1.07. The molecule has 0 aromatic carbocycles. The maximum Gasteiger partial charge on any atom is 0.146 e. The van der Waals surface area contributed by atoms with Gasteiger partial charge in [-0.25, -0.2) is 9.97 Å². The van der Waals surface area contributed by atoms with Gasteiger partial charge in [-0.15, -0.1) is 11.3 Å². The van der Waals surface area contributed by atoms with Gasteiger partial charge in [0, 0.05) is 19.7 Å². The van der Waals surface area contributed by atoms with Crippen LogP contribution in [0.1, 0.15) is 12.2 Å². The van der Waals surface area contributed by atoms with Crippen LogP contribution in [0.3, 0.4) is 0 Å². The Kier molecular flexibility index (Phi) is 3.40. The summed E-state index contributed by atoms with van der Waals surface area (Å²) in [5.74, 6) is 1.40. The predicted molar refractivity (Wildman–Crippen MR) is 72.5 cm³/mol. The molecule has 1 fully saturated rings. The van der Waals surface area contributed by atoms with Crippen LogP contribution < -0.4 is 5.73 Å². The van der Waals surface area contributed by atoms with E-state index in [-0.39, 0.29) is 0 Å². The molecule has 2 N–H and O–H groups in total. The molecule has 0 radical (unpaired) electrons. The zero-order chi connectivity index (χ0) is 12.4. The van der Waals surface area contributed by atoms with Crippen molar-refractivity contribution in [3.05, 3.63) is 17.3 Å². The van der Waals surface area contributed by atoms with Crippen molar-refractivity contribution in [2.45, 2.75) is 13.0 Å². The third-order valence-electron chi connectivity index (χ3n) is 3.08. The Bertz CT molecular complexity index is 534. The van der Waals surface area contributed by atoms with Gasteiger partial charge in [0.25, 0.3) is 0 Å². The van der Waals surface area contributed by atoms with Gasteiger partial charge in [0.1, 0.15) is 16.5 Å². The molecule has 2 aromatic rings. The maximum absolute atomic E-state index is 5.95. The van der Waals surface area contributed by atoms with E-state index in [2.05, 4.69) is 14.9 Å². The first kappa shape index (κ1) is 11.8. The summed E-state index contributed by atoms with van der Waals surface area (Å²) < 4.78 is 5.44. The minimum absolute atomic E-state index is 0.585. The monoisotopic (exact) mass is 264 g/mol. The standard InChI is InChI=1S/C12H16N4OS/c13-11-9-2-7-18-12(9)15-10(14-11)8-16-3-1-5-17-6-4-16/h2,7H,1,3-6,8H2,(H2,13,14,15). The lowest BCUT2D eigenvalue weighted by atomic mass is 10.3. The van der Waals surface area contributed by atoms with Crippen LogP contribution in [0, 0.1) is 0 Å². The Labute approximate surface area is 110 Å². The minimum Gasteiger partial charge on any atom is -0.383 e. The highest BCUT2D eigenvalue weighted by Gasteiger charge is 2.13. The van der Waals surface area contributed by atoms with Crippen LogP contribution in [0.5, 0.6) is 0 Å². The van der Waals surface area contributed by atoms with Crippen molar-refractivity contribution < 1.29 is 4.74 Å². The molecule has 0 atom stereocenters. The van der Waals surface area contributed by atoms with E-state index in [1.807, 2.05) is 11.4 Å². The molecule has 3 heterocycles. The normalized spacial score (nSPS) is 18.0. The van der Waals surface area contributed by atoms with Gasteiger partial charge < -0.3 is 10.5 Å². The first-order valence-electron chi connectivity index (χ1n) is 6.12. The number of rotatable bonds is 2. The average Bonchev–Trinajstić information content (AvgIpc) is 2.68. The highest BCUT2D eigenvalue weighted by atomic mass is 32.1. The van der Waals surface area contributed by atoms with E-state index in [0.29, 0.717) is 5.82 Å². The zero-order valence-corrected chi connectivity index (χ0v) is 10.9. The zero-order valence-electron chi connectivity index (χ0n) is 10.1. The van der Waals surface area contributed by atoms with Gasteiger partial charge in [0.05, 0.1) is 18.5 Å². The third-order valence-corrected chi connectivity index (χ3v) is 3.89. The molecular formula is C12H16N4OS. The minimum atomic E-state index is 0.585. The molecule has 5 nitrogen and oxygen atoms in total. The van der Waals surface area contributed by atoms with Crippen LogP contribution in [-0.4, -0.2) is 41.2 Å². The van der Waals surface area contributed by atoms with E-state index in [0.717, 1.165) is 55.3 Å². The first-order chi connectivity index (χ1) is 8.83. The van der Waals surface area contributed by atoms with Crippen molar-refractivity contribution >= 4 is 27.4 Å². The molecule has 0 aliphatic carbocycles. The topological polar surface area (TPSA) is 64.3 Å². The molecule has 1 aliphatic heterocycles. The summed E-state index contributed by atoms with van der Waals surface area (Å²) in [7, 11) is 0. The quantitative estimate of drug-likeness (QED) is 0.890. The Hall–Kier alpha value is -1.24. The number of anilines is 1. The summed E-state index contributed by atoms with van der Waals surface area (Å²) in [6.45, 7) is 4.36. The molecule has 1 aliphatic rings. The van der Waals surface area contributed by atoms with Crippen molar-refractivity contribution in [3.63, 3.8) is 0 Å². The Balaban J connectivity index is 1.80. The molecule has 0 spiro atoms. The molecule has 0 amide bonds. The average molecular weight is 264 g/mol. The molecule has 0 saturated carbocycles. The van der Waals surface area contributed by atoms with Crippen LogP contribution in [0.2, 0.25) is 0 Å². The SMILES string of the molecule is Nc1nc(CN2CCCOCC2)nc2sccc12. The lowest BCUT2D eigenvalue weighted by Crippen LogP contribution is -2.27. The van der Waals surface area contributed by atoms with E-state index in [1.54, 1.807) is 11.3 Å². The Morgan fingerprint density at radius 2 is 2.28 bits per heavy atom. The van der Waals surface area contributed by atoms with Gasteiger partial charge in [0.15, 0.2) is 0 Å². The van der Waals surface area contributed by atoms with Crippen LogP contribution >= 0.6 is 11.3 Å². The van der Waals surface area contributed by atoms with E-state index in [9.17, 15) is 0 Å². The number of aromatic nitrogens is 2. The number of ether oxygens (including phenoxy) is 1. The summed E-state index contributed by atoms with van der Waals surface area (Å²) in [6, 6.07) is 1.97. The number of nitrogen functional groups attached to an aromatic ring is 1. The number of hydrogen-bond donors (Lipinski definition) is 1. The van der Waals surface area contributed by atoms with Gasteiger partial charge in [-0.05, 0) is 17.9 Å². The fourth-order valence-electron chi connectivity index (χ4n) is 2.15. The van der Waals surface area contributed by atoms with Gasteiger partial charge in [-0.3, -0.25) is 4.90 Å². The molecule has 0 bridgehead atoms. The Morgan fingerprint density at radius 1 is 1.33 bits per heavy atom. The van der Waals surface area contributed by atoms with Crippen molar-refractivity contribution in [1.29, 1.82) is 0 Å². The summed E-state index contributed by atoms with van der Waals surface area (Å²) in [4.78, 5) is 12.3. The lowest BCUT2D eigenvalue weighted by molar-refractivity contribution is 0.140. The van der Waals surface area contributed by atoms with Crippen molar-refractivity contribution in [1.82, 2.24) is 14.9 Å². The summed E-state index contributed by atoms with van der Waals surface area (Å²) in [5, 5.41) is 2.96. The Morgan fingerprint density at radius 3 is 3.22 bits per heavy atom. The molecule has 1 saturated heterocycles. The van der Waals surface area contributed by atoms with Gasteiger partial charge in [-0.2, -0.15) is 0 Å². The number of nitrogens with two attached hydrogens (primary N) is 1. The molecule has 0 unspecified atom stereocenters. The maximum atomic E-state index is 5.95. The molecule has 96 valence electrons. The lowest BCUT2D eigenvalue weighted by Gasteiger charge is -2.17. The first-order valence-corrected chi connectivity index (χ1v) is 7.00. The fourth-order valence-corrected chi connectivity index (χ4v) is 2.94. The third kappa shape index (κ3) is 2.45. The van der Waals surface area contributed by atoms with E-state index in [4.69, 9.17) is 10.5 Å². The van der Waals surface area contributed by atoms with E-state index >= 15 is 0 Å². The molecule has 6 heteroatoms. The molecule has 18 heavy (non-hydrogen) atoms. The number of thiophene rings is 1. The van der Waals surface area contributed by atoms with Gasteiger partial charge in [0.2, 0.25) is 0 Å².